The Labute approximate surface area is 286 Å². The van der Waals surface area contributed by atoms with Crippen LogP contribution in [0.1, 0.15) is 55.2 Å². The molecule has 2 aliphatic heterocycles. The zero-order valence-electron chi connectivity index (χ0n) is 28.6. The van der Waals surface area contributed by atoms with Crippen molar-refractivity contribution < 1.29 is 22.7 Å². The molecule has 262 valence electrons. The normalized spacial score (nSPS) is 22.4. The molecule has 3 heterocycles. The van der Waals surface area contributed by atoms with E-state index in [9.17, 15) is 14.4 Å². The number of carbonyl (C=O) groups is 1. The molecule has 0 N–H and O–H groups in total. The number of hydrogen-bond acceptors (Lipinski definition) is 8. The number of nitrogens with zero attached hydrogens (tertiary/aromatic N) is 7. The average Bonchev–Trinajstić information content (AvgIpc) is 3.76. The number of nitriles is 1. The van der Waals surface area contributed by atoms with Crippen LogP contribution in [0.4, 0.5) is 18.9 Å². The molecule has 12 heteroatoms. The highest BCUT2D eigenvalue weighted by Gasteiger charge is 2.53. The summed E-state index contributed by atoms with van der Waals surface area (Å²) in [7, 11) is 5.05. The summed E-state index contributed by atoms with van der Waals surface area (Å²) < 4.78 is 53.6. The number of rotatable bonds is 12. The molecule has 0 unspecified atom stereocenters. The van der Waals surface area contributed by atoms with Gasteiger partial charge in [-0.2, -0.15) is 5.26 Å². The first-order valence-corrected chi connectivity index (χ1v) is 17.2. The van der Waals surface area contributed by atoms with E-state index < -0.39 is 16.9 Å². The zero-order valence-corrected chi connectivity index (χ0v) is 28.6. The smallest absolute Gasteiger partial charge is 0.305 e. The number of piperidine rings is 1. The molecule has 49 heavy (non-hydrogen) atoms. The van der Waals surface area contributed by atoms with Crippen LogP contribution in [0.25, 0.3) is 0 Å². The van der Waals surface area contributed by atoms with Gasteiger partial charge in [0.1, 0.15) is 5.82 Å². The van der Waals surface area contributed by atoms with Crippen molar-refractivity contribution in [2.45, 2.75) is 62.7 Å². The predicted octanol–water partition coefficient (Wildman–Crippen LogP) is 5.35. The number of ether oxygens (including phenoxy) is 1. The lowest BCUT2D eigenvalue weighted by molar-refractivity contribution is -0.142. The van der Waals surface area contributed by atoms with Crippen molar-refractivity contribution in [3.05, 3.63) is 77.1 Å². The van der Waals surface area contributed by atoms with Crippen LogP contribution in [0, 0.1) is 40.7 Å². The van der Waals surface area contributed by atoms with Gasteiger partial charge < -0.3 is 14.5 Å². The van der Waals surface area contributed by atoms with Gasteiger partial charge in [-0.15, -0.1) is 5.10 Å². The first kappa shape index (κ1) is 34.9. The Bertz CT molecular complexity index is 1650. The topological polar surface area (TPSA) is 90.5 Å². The van der Waals surface area contributed by atoms with Crippen LogP contribution in [-0.2, 0) is 28.0 Å². The van der Waals surface area contributed by atoms with Gasteiger partial charge in [0.05, 0.1) is 50.3 Å². The van der Waals surface area contributed by atoms with E-state index in [-0.39, 0.29) is 61.3 Å². The van der Waals surface area contributed by atoms with Gasteiger partial charge in [0.25, 0.3) is 0 Å². The van der Waals surface area contributed by atoms with Crippen LogP contribution in [-0.4, -0.2) is 90.4 Å². The van der Waals surface area contributed by atoms with Crippen molar-refractivity contribution in [2.75, 3.05) is 58.8 Å². The van der Waals surface area contributed by atoms with E-state index in [2.05, 4.69) is 21.3 Å². The summed E-state index contributed by atoms with van der Waals surface area (Å²) in [5, 5.41) is 17.9. The molecule has 0 amide bonds. The highest BCUT2D eigenvalue weighted by Crippen LogP contribution is 2.54. The molecule has 6 rings (SSSR count). The van der Waals surface area contributed by atoms with Crippen LogP contribution < -0.4 is 4.90 Å². The van der Waals surface area contributed by atoms with E-state index in [1.54, 1.807) is 35.4 Å². The molecule has 1 aromatic heterocycles. The van der Waals surface area contributed by atoms with Crippen LogP contribution in [0.15, 0.2) is 48.8 Å². The van der Waals surface area contributed by atoms with Gasteiger partial charge >= 0.3 is 5.97 Å². The van der Waals surface area contributed by atoms with Crippen LogP contribution in [0.3, 0.4) is 0 Å². The maximum Gasteiger partial charge on any atom is 0.305 e. The molecule has 3 aromatic rings. The summed E-state index contributed by atoms with van der Waals surface area (Å²) in [6, 6.07) is 12.1. The maximum absolute atomic E-state index is 16.2. The summed E-state index contributed by atoms with van der Waals surface area (Å²) >= 11 is 0. The molecule has 1 saturated carbocycles. The molecule has 3 atom stereocenters. The quantitative estimate of drug-likeness (QED) is 0.237. The summed E-state index contributed by atoms with van der Waals surface area (Å²) in [6.45, 7) is 2.50. The predicted molar refractivity (Wildman–Crippen MR) is 179 cm³/mol. The Morgan fingerprint density at radius 1 is 1.14 bits per heavy atom. The SMILES string of the molecule is COC(=O)C[C@H]1CCC[C@@H]1[C@](Cn1ccnn1)(c1cccc(F)c1)C1CCN(CC2(F)CN(c3ccc(C#N)c(CN(C)C)c3F)C2)CC1. The number of likely N-dealkylation sites (tertiary alicyclic amines) is 1. The highest BCUT2D eigenvalue weighted by atomic mass is 19.1. The third-order valence-electron chi connectivity index (χ3n) is 11.2. The summed E-state index contributed by atoms with van der Waals surface area (Å²) in [5.74, 6) is -0.724. The minimum atomic E-state index is -1.49. The van der Waals surface area contributed by atoms with E-state index in [1.165, 1.54) is 13.2 Å². The van der Waals surface area contributed by atoms with Gasteiger partial charge in [0, 0.05) is 36.7 Å². The molecule has 0 radical (unpaired) electrons. The lowest BCUT2D eigenvalue weighted by Crippen LogP contribution is -2.64. The number of halogens is 3. The largest absolute Gasteiger partial charge is 0.469 e. The highest BCUT2D eigenvalue weighted by molar-refractivity contribution is 5.69. The molecular formula is C37H46F3N7O2. The van der Waals surface area contributed by atoms with E-state index in [4.69, 9.17) is 4.74 Å². The lowest BCUT2D eigenvalue weighted by Gasteiger charge is -2.52. The second-order valence-electron chi connectivity index (χ2n) is 14.6. The van der Waals surface area contributed by atoms with Crippen molar-refractivity contribution in [3.63, 3.8) is 0 Å². The molecular weight excluding hydrogens is 631 g/mol. The van der Waals surface area contributed by atoms with Gasteiger partial charge in [-0.05, 0) is 100 Å². The lowest BCUT2D eigenvalue weighted by atomic mass is 9.57. The Morgan fingerprint density at radius 3 is 2.57 bits per heavy atom. The minimum absolute atomic E-state index is 0.0770. The molecule has 2 saturated heterocycles. The van der Waals surface area contributed by atoms with Gasteiger partial charge in [-0.25, -0.2) is 13.2 Å². The Balaban J connectivity index is 1.21. The van der Waals surface area contributed by atoms with Gasteiger partial charge in [-0.3, -0.25) is 14.4 Å². The van der Waals surface area contributed by atoms with E-state index in [0.717, 1.165) is 37.7 Å². The van der Waals surface area contributed by atoms with Crippen molar-refractivity contribution in [2.24, 2.45) is 17.8 Å². The molecule has 9 nitrogen and oxygen atoms in total. The standard InChI is InChI=1S/C37H46F3N7O2/c1-44(2)21-31-27(20-41)10-11-33(35(31)39)46-23-36(40,24-46)22-45-15-12-28(13-16-45)37(25-47-17-14-42-43-47,29-7-5-8-30(38)19-29)32-9-4-6-26(32)18-34(48)49-3/h5,7-8,10-11,14,17,19,26,28,32H,4,6,9,12-13,15-16,18,21-25H2,1-3H3/t26-,32+,37+/m1/s1. The van der Waals surface area contributed by atoms with Crippen LogP contribution >= 0.6 is 0 Å². The van der Waals surface area contributed by atoms with Crippen molar-refractivity contribution in [3.8, 4) is 6.07 Å². The third kappa shape index (κ3) is 7.19. The molecule has 3 aliphatic rings. The first-order chi connectivity index (χ1) is 23.5. The maximum atomic E-state index is 16.2. The van der Waals surface area contributed by atoms with E-state index in [1.807, 2.05) is 35.9 Å². The van der Waals surface area contributed by atoms with Crippen molar-refractivity contribution in [1.82, 2.24) is 24.8 Å². The number of alkyl halides is 1. The van der Waals surface area contributed by atoms with Crippen molar-refractivity contribution in [1.29, 1.82) is 5.26 Å². The number of carbonyl (C=O) groups excluding carboxylic acids is 1. The number of anilines is 1. The summed E-state index contributed by atoms with van der Waals surface area (Å²) in [5.41, 5.74) is -0.183. The molecule has 0 spiro atoms. The third-order valence-corrected chi connectivity index (χ3v) is 11.2. The van der Waals surface area contributed by atoms with Gasteiger partial charge in [0.2, 0.25) is 0 Å². The fraction of sp³-hybridized carbons (Fsp3) is 0.568. The second kappa shape index (κ2) is 14.5. The number of hydrogen-bond donors (Lipinski definition) is 0. The summed E-state index contributed by atoms with van der Waals surface area (Å²) in [6.07, 6.45) is 8.10. The first-order valence-electron chi connectivity index (χ1n) is 17.2. The Morgan fingerprint density at radius 2 is 1.92 bits per heavy atom. The van der Waals surface area contributed by atoms with Gasteiger partial charge in [0.15, 0.2) is 11.5 Å². The fourth-order valence-electron chi connectivity index (χ4n) is 9.05. The fourth-order valence-corrected chi connectivity index (χ4v) is 9.05. The van der Waals surface area contributed by atoms with E-state index >= 15 is 8.78 Å². The monoisotopic (exact) mass is 677 g/mol. The van der Waals surface area contributed by atoms with Crippen LogP contribution in [0.5, 0.6) is 0 Å². The number of esters is 1. The number of benzene rings is 2. The minimum Gasteiger partial charge on any atom is -0.469 e. The molecule has 2 aromatic carbocycles. The molecule has 1 aliphatic carbocycles. The molecule has 3 fully saturated rings. The number of methoxy groups -OCH3 is 1. The Kier molecular flexibility index (Phi) is 10.3. The Hall–Kier alpha value is -3.95. The van der Waals surface area contributed by atoms with Crippen LogP contribution in [0.2, 0.25) is 0 Å². The van der Waals surface area contributed by atoms with Gasteiger partial charge in [-0.1, -0.05) is 23.8 Å². The number of aromatic nitrogens is 3. The average molecular weight is 678 g/mol. The zero-order chi connectivity index (χ0) is 34.8. The summed E-state index contributed by atoms with van der Waals surface area (Å²) in [4.78, 5) is 18.3. The van der Waals surface area contributed by atoms with Crippen molar-refractivity contribution >= 4 is 11.7 Å². The second-order valence-corrected chi connectivity index (χ2v) is 14.6. The molecule has 0 bridgehead atoms. The van der Waals surface area contributed by atoms with E-state index in [0.29, 0.717) is 37.3 Å².